The zero-order valence-corrected chi connectivity index (χ0v) is 11.0. The Morgan fingerprint density at radius 1 is 1.40 bits per heavy atom. The molecule has 0 unspecified atom stereocenters. The van der Waals surface area contributed by atoms with Crippen molar-refractivity contribution in [3.63, 3.8) is 0 Å². The highest BCUT2D eigenvalue weighted by Crippen LogP contribution is 2.18. The van der Waals surface area contributed by atoms with Gasteiger partial charge in [0.25, 0.3) is 0 Å². The average Bonchev–Trinajstić information content (AvgIpc) is 2.17. The molecule has 82 valence electrons. The lowest BCUT2D eigenvalue weighted by Crippen LogP contribution is -1.94. The molecule has 1 aromatic rings. The second-order valence-corrected chi connectivity index (χ2v) is 4.42. The number of hydrogen-bond acceptors (Lipinski definition) is 2. The molecule has 15 heavy (non-hydrogen) atoms. The van der Waals surface area contributed by atoms with Gasteiger partial charge in [0.15, 0.2) is 0 Å². The lowest BCUT2D eigenvalue weighted by atomic mass is 10.1. The van der Waals surface area contributed by atoms with E-state index < -0.39 is 0 Å². The predicted octanol–water partition coefficient (Wildman–Crippen LogP) is 3.70. The maximum atomic E-state index is 8.59. The molecule has 0 amide bonds. The number of hydrogen-bond donors (Lipinski definition) is 1. The summed E-state index contributed by atoms with van der Waals surface area (Å²) in [5, 5.41) is 9.28. The van der Waals surface area contributed by atoms with Crippen molar-refractivity contribution in [2.45, 2.75) is 26.1 Å². The van der Waals surface area contributed by atoms with Crippen molar-refractivity contribution in [2.24, 2.45) is 5.92 Å². The number of halogens is 1. The number of nitrogens with zero attached hydrogens (tertiary/aromatic N) is 1. The highest BCUT2D eigenvalue weighted by molar-refractivity contribution is 9.08. The SMILES string of the molecule is CC(C)C.N#Cc1cccc(CBr)c1N. The minimum absolute atomic E-state index is 0.543. The first-order valence-electron chi connectivity index (χ1n) is 4.86. The number of para-hydroxylation sites is 1. The number of anilines is 1. The number of nitrogen functional groups attached to an aromatic ring is 1. The number of rotatable bonds is 1. The van der Waals surface area contributed by atoms with Crippen LogP contribution in [0.5, 0.6) is 0 Å². The first-order chi connectivity index (χ1) is 7.02. The Bertz CT molecular complexity index is 337. The Morgan fingerprint density at radius 2 is 1.93 bits per heavy atom. The molecule has 0 radical (unpaired) electrons. The number of nitriles is 1. The topological polar surface area (TPSA) is 49.8 Å². The molecular formula is C12H17BrN2. The van der Waals surface area contributed by atoms with Crippen LogP contribution < -0.4 is 5.73 Å². The standard InChI is InChI=1S/C8H7BrN2.C4H10/c9-4-6-2-1-3-7(5-10)8(6)11;1-4(2)3/h1-3H,4,11H2;4H,1-3H3. The van der Waals surface area contributed by atoms with Gasteiger partial charge in [0, 0.05) is 5.33 Å². The molecular weight excluding hydrogens is 252 g/mol. The maximum Gasteiger partial charge on any atom is 0.101 e. The van der Waals surface area contributed by atoms with Gasteiger partial charge in [0.05, 0.1) is 11.3 Å². The van der Waals surface area contributed by atoms with Crippen molar-refractivity contribution in [3.8, 4) is 6.07 Å². The van der Waals surface area contributed by atoms with E-state index >= 15 is 0 Å². The molecule has 0 bridgehead atoms. The Balaban J connectivity index is 0.000000423. The minimum atomic E-state index is 0.543. The Morgan fingerprint density at radius 3 is 2.33 bits per heavy atom. The zero-order chi connectivity index (χ0) is 11.8. The lowest BCUT2D eigenvalue weighted by molar-refractivity contribution is 0.737. The average molecular weight is 269 g/mol. The van der Waals surface area contributed by atoms with Gasteiger partial charge in [0.1, 0.15) is 6.07 Å². The summed E-state index contributed by atoms with van der Waals surface area (Å²) in [5.41, 5.74) is 7.73. The largest absolute Gasteiger partial charge is 0.397 e. The Labute approximate surface area is 100 Å². The van der Waals surface area contributed by atoms with Crippen LogP contribution in [0.2, 0.25) is 0 Å². The highest BCUT2D eigenvalue weighted by atomic mass is 79.9. The van der Waals surface area contributed by atoms with E-state index in [1.165, 1.54) is 0 Å². The smallest absolute Gasteiger partial charge is 0.101 e. The molecule has 0 spiro atoms. The van der Waals surface area contributed by atoms with Crippen LogP contribution in [0, 0.1) is 17.2 Å². The Hall–Kier alpha value is -1.01. The van der Waals surface area contributed by atoms with Gasteiger partial charge in [0.2, 0.25) is 0 Å². The number of nitrogens with two attached hydrogens (primary N) is 1. The van der Waals surface area contributed by atoms with Crippen LogP contribution >= 0.6 is 15.9 Å². The number of alkyl halides is 1. The van der Waals surface area contributed by atoms with Crippen LogP contribution in [-0.4, -0.2) is 0 Å². The molecule has 0 aliphatic carbocycles. The monoisotopic (exact) mass is 268 g/mol. The van der Waals surface area contributed by atoms with E-state index in [2.05, 4.69) is 36.7 Å². The number of benzene rings is 1. The molecule has 0 aromatic heterocycles. The fourth-order valence-corrected chi connectivity index (χ4v) is 1.32. The van der Waals surface area contributed by atoms with Crippen LogP contribution in [0.4, 0.5) is 5.69 Å². The second-order valence-electron chi connectivity index (χ2n) is 3.86. The van der Waals surface area contributed by atoms with E-state index in [0.29, 0.717) is 16.6 Å². The van der Waals surface area contributed by atoms with Gasteiger partial charge in [-0.2, -0.15) is 5.26 Å². The van der Waals surface area contributed by atoms with E-state index in [9.17, 15) is 0 Å². The predicted molar refractivity (Wildman–Crippen MR) is 68.7 cm³/mol. The molecule has 0 saturated heterocycles. The van der Waals surface area contributed by atoms with E-state index in [0.717, 1.165) is 11.5 Å². The summed E-state index contributed by atoms with van der Waals surface area (Å²) < 4.78 is 0. The Kier molecular flexibility index (Phi) is 6.81. The van der Waals surface area contributed by atoms with E-state index in [1.54, 1.807) is 6.07 Å². The summed E-state index contributed by atoms with van der Waals surface area (Å²) in [6.45, 7) is 6.50. The zero-order valence-electron chi connectivity index (χ0n) is 9.42. The van der Waals surface area contributed by atoms with Crippen LogP contribution in [0.1, 0.15) is 31.9 Å². The normalized spacial score (nSPS) is 9.07. The van der Waals surface area contributed by atoms with Gasteiger partial charge in [-0.1, -0.05) is 48.8 Å². The molecule has 0 aliphatic heterocycles. The second kappa shape index (κ2) is 7.30. The van der Waals surface area contributed by atoms with E-state index in [-0.39, 0.29) is 0 Å². The summed E-state index contributed by atoms with van der Waals surface area (Å²) in [4.78, 5) is 0. The maximum absolute atomic E-state index is 8.59. The summed E-state index contributed by atoms with van der Waals surface area (Å²) in [5.74, 6) is 0.833. The van der Waals surface area contributed by atoms with Crippen molar-refractivity contribution in [1.82, 2.24) is 0 Å². The van der Waals surface area contributed by atoms with Crippen LogP contribution in [0.25, 0.3) is 0 Å². The summed E-state index contributed by atoms with van der Waals surface area (Å²) in [6.07, 6.45) is 0. The van der Waals surface area contributed by atoms with Gasteiger partial charge >= 0.3 is 0 Å². The van der Waals surface area contributed by atoms with E-state index in [4.69, 9.17) is 11.0 Å². The molecule has 1 rings (SSSR count). The van der Waals surface area contributed by atoms with Crippen LogP contribution in [0.3, 0.4) is 0 Å². The fourth-order valence-electron chi connectivity index (χ4n) is 0.827. The first kappa shape index (κ1) is 14.0. The quantitative estimate of drug-likeness (QED) is 0.624. The molecule has 1 aromatic carbocycles. The van der Waals surface area contributed by atoms with Crippen LogP contribution in [-0.2, 0) is 5.33 Å². The van der Waals surface area contributed by atoms with E-state index in [1.807, 2.05) is 18.2 Å². The molecule has 0 aliphatic rings. The molecule has 0 atom stereocenters. The van der Waals surface area contributed by atoms with Crippen molar-refractivity contribution in [3.05, 3.63) is 29.3 Å². The van der Waals surface area contributed by atoms with Crippen LogP contribution in [0.15, 0.2) is 18.2 Å². The molecule has 2 N–H and O–H groups in total. The van der Waals surface area contributed by atoms with Gasteiger partial charge in [-0.15, -0.1) is 0 Å². The minimum Gasteiger partial charge on any atom is -0.397 e. The molecule has 0 heterocycles. The van der Waals surface area contributed by atoms with Crippen molar-refractivity contribution >= 4 is 21.6 Å². The third-order valence-corrected chi connectivity index (χ3v) is 2.06. The molecule has 2 nitrogen and oxygen atoms in total. The molecule has 0 fully saturated rings. The van der Waals surface area contributed by atoms with Gasteiger partial charge in [-0.25, -0.2) is 0 Å². The summed E-state index contributed by atoms with van der Waals surface area (Å²) >= 11 is 3.28. The third kappa shape index (κ3) is 5.44. The fraction of sp³-hybridized carbons (Fsp3) is 0.417. The highest BCUT2D eigenvalue weighted by Gasteiger charge is 2.01. The molecule has 0 saturated carbocycles. The van der Waals surface area contributed by atoms with Crippen molar-refractivity contribution in [2.75, 3.05) is 5.73 Å². The van der Waals surface area contributed by atoms with Gasteiger partial charge < -0.3 is 5.73 Å². The van der Waals surface area contributed by atoms with Gasteiger partial charge in [-0.3, -0.25) is 0 Å². The van der Waals surface area contributed by atoms with Gasteiger partial charge in [-0.05, 0) is 17.5 Å². The third-order valence-electron chi connectivity index (χ3n) is 1.46. The summed E-state index contributed by atoms with van der Waals surface area (Å²) in [6, 6.07) is 7.45. The van der Waals surface area contributed by atoms with Crippen molar-refractivity contribution in [1.29, 1.82) is 5.26 Å². The summed E-state index contributed by atoms with van der Waals surface area (Å²) in [7, 11) is 0. The van der Waals surface area contributed by atoms with Crippen molar-refractivity contribution < 1.29 is 0 Å². The lowest BCUT2D eigenvalue weighted by Gasteiger charge is -2.01. The molecule has 3 heteroatoms. The first-order valence-corrected chi connectivity index (χ1v) is 5.98.